The van der Waals surface area contributed by atoms with Gasteiger partial charge in [-0.15, -0.1) is 0 Å². The van der Waals surface area contributed by atoms with Crippen molar-refractivity contribution >= 4 is 0 Å². The minimum Gasteiger partial charge on any atom is -0.306 e. The fourth-order valence-electron chi connectivity index (χ4n) is 1.17. The molecule has 0 amide bonds. The molecule has 10 heavy (non-hydrogen) atoms. The first kappa shape index (κ1) is 5.59. The summed E-state index contributed by atoms with van der Waals surface area (Å²) in [6.07, 6.45) is 8.49. The Hall–Kier alpha value is -1.18. The summed E-state index contributed by atoms with van der Waals surface area (Å²) in [5.41, 5.74) is 0. The van der Waals surface area contributed by atoms with Gasteiger partial charge in [-0.3, -0.25) is 4.68 Å². The van der Waals surface area contributed by atoms with E-state index in [2.05, 4.69) is 34.2 Å². The van der Waals surface area contributed by atoms with Crippen molar-refractivity contribution in [3.63, 3.8) is 0 Å². The summed E-state index contributed by atoms with van der Waals surface area (Å²) in [6, 6.07) is 4.08. The molecule has 0 saturated carbocycles. The van der Waals surface area contributed by atoms with E-state index in [-0.39, 0.29) is 0 Å². The lowest BCUT2D eigenvalue weighted by molar-refractivity contribution is 0.683. The standard InChI is InChI=1S/C8H10N2/c1-2-6-9(5-1)10-7-3-4-8-10/h1-6H,7-8H2. The molecule has 2 heterocycles. The highest BCUT2D eigenvalue weighted by molar-refractivity contribution is 5.10. The first-order valence-electron chi connectivity index (χ1n) is 3.50. The second-order valence-corrected chi connectivity index (χ2v) is 2.41. The van der Waals surface area contributed by atoms with Crippen molar-refractivity contribution in [2.75, 3.05) is 18.1 Å². The van der Waals surface area contributed by atoms with Gasteiger partial charge < -0.3 is 5.01 Å². The first-order chi connectivity index (χ1) is 4.97. The summed E-state index contributed by atoms with van der Waals surface area (Å²) in [4.78, 5) is 0. The minimum absolute atomic E-state index is 1.04. The number of hydrogen-bond donors (Lipinski definition) is 0. The van der Waals surface area contributed by atoms with E-state index < -0.39 is 0 Å². The molecular weight excluding hydrogens is 124 g/mol. The van der Waals surface area contributed by atoms with Gasteiger partial charge in [0, 0.05) is 12.4 Å². The molecule has 2 heteroatoms. The Bertz CT molecular complexity index is 215. The Morgan fingerprint density at radius 3 is 2.10 bits per heavy atom. The highest BCUT2D eigenvalue weighted by Crippen LogP contribution is 1.98. The maximum Gasteiger partial charge on any atom is 0.0529 e. The quantitative estimate of drug-likeness (QED) is 0.520. The van der Waals surface area contributed by atoms with Gasteiger partial charge in [0.15, 0.2) is 0 Å². The molecule has 1 aliphatic heterocycles. The predicted octanol–water partition coefficient (Wildman–Crippen LogP) is 0.996. The summed E-state index contributed by atoms with van der Waals surface area (Å²) >= 11 is 0. The lowest BCUT2D eigenvalue weighted by Gasteiger charge is -2.18. The molecule has 0 aliphatic carbocycles. The molecule has 0 radical (unpaired) electrons. The molecule has 0 atom stereocenters. The average molecular weight is 134 g/mol. The van der Waals surface area contributed by atoms with Gasteiger partial charge in [0.25, 0.3) is 0 Å². The number of rotatable bonds is 1. The van der Waals surface area contributed by atoms with Crippen LogP contribution in [0, 0.1) is 0 Å². The minimum atomic E-state index is 1.04. The fourth-order valence-corrected chi connectivity index (χ4v) is 1.17. The lowest BCUT2D eigenvalue weighted by atomic mass is 10.6. The van der Waals surface area contributed by atoms with Crippen LogP contribution in [0.4, 0.5) is 0 Å². The lowest BCUT2D eigenvalue weighted by Crippen LogP contribution is -2.30. The molecular formula is C8H10N2. The van der Waals surface area contributed by atoms with Crippen molar-refractivity contribution in [3.05, 3.63) is 36.7 Å². The molecule has 0 saturated heterocycles. The van der Waals surface area contributed by atoms with E-state index in [9.17, 15) is 0 Å². The van der Waals surface area contributed by atoms with E-state index in [1.807, 2.05) is 12.1 Å². The third-order valence-corrected chi connectivity index (χ3v) is 1.71. The molecule has 0 bridgehead atoms. The largest absolute Gasteiger partial charge is 0.306 e. The topological polar surface area (TPSA) is 8.17 Å². The van der Waals surface area contributed by atoms with Gasteiger partial charge in [-0.1, -0.05) is 12.2 Å². The van der Waals surface area contributed by atoms with Gasteiger partial charge in [-0.2, -0.15) is 0 Å². The molecule has 0 spiro atoms. The molecule has 1 aliphatic rings. The maximum absolute atomic E-state index is 2.25. The Kier molecular flexibility index (Phi) is 1.24. The van der Waals surface area contributed by atoms with Crippen LogP contribution in [0.2, 0.25) is 0 Å². The Morgan fingerprint density at radius 2 is 1.50 bits per heavy atom. The molecule has 0 aromatic carbocycles. The molecule has 0 N–H and O–H groups in total. The molecule has 52 valence electrons. The van der Waals surface area contributed by atoms with Crippen LogP contribution in [0.1, 0.15) is 0 Å². The smallest absolute Gasteiger partial charge is 0.0529 e. The van der Waals surface area contributed by atoms with Gasteiger partial charge >= 0.3 is 0 Å². The molecule has 2 rings (SSSR count). The van der Waals surface area contributed by atoms with E-state index in [0.717, 1.165) is 13.1 Å². The van der Waals surface area contributed by atoms with E-state index in [1.165, 1.54) is 0 Å². The predicted molar refractivity (Wildman–Crippen MR) is 41.5 cm³/mol. The normalized spacial score (nSPS) is 16.6. The van der Waals surface area contributed by atoms with Crippen LogP contribution >= 0.6 is 0 Å². The highest BCUT2D eigenvalue weighted by atomic mass is 15.5. The fraction of sp³-hybridized carbons (Fsp3) is 0.250. The third kappa shape index (κ3) is 0.817. The number of nitrogens with zero attached hydrogens (tertiary/aromatic N) is 2. The van der Waals surface area contributed by atoms with Crippen molar-refractivity contribution in [2.24, 2.45) is 0 Å². The zero-order chi connectivity index (χ0) is 6.81. The van der Waals surface area contributed by atoms with Crippen molar-refractivity contribution in [3.8, 4) is 0 Å². The second kappa shape index (κ2) is 2.21. The van der Waals surface area contributed by atoms with Crippen molar-refractivity contribution < 1.29 is 0 Å². The van der Waals surface area contributed by atoms with Crippen molar-refractivity contribution in [1.29, 1.82) is 0 Å². The molecule has 2 nitrogen and oxygen atoms in total. The van der Waals surface area contributed by atoms with Crippen LogP contribution in [-0.2, 0) is 0 Å². The maximum atomic E-state index is 2.25. The van der Waals surface area contributed by atoms with Crippen molar-refractivity contribution in [1.82, 2.24) is 4.68 Å². The van der Waals surface area contributed by atoms with Gasteiger partial charge in [0.1, 0.15) is 0 Å². The van der Waals surface area contributed by atoms with E-state index in [4.69, 9.17) is 0 Å². The Labute approximate surface area is 60.3 Å². The van der Waals surface area contributed by atoms with Crippen LogP contribution < -0.4 is 5.01 Å². The van der Waals surface area contributed by atoms with Gasteiger partial charge in [0.05, 0.1) is 13.1 Å². The molecule has 1 aromatic heterocycles. The van der Waals surface area contributed by atoms with Crippen LogP contribution in [0.5, 0.6) is 0 Å². The summed E-state index contributed by atoms with van der Waals surface area (Å²) in [5, 5.41) is 2.25. The Morgan fingerprint density at radius 1 is 0.900 bits per heavy atom. The van der Waals surface area contributed by atoms with Crippen LogP contribution in [0.3, 0.4) is 0 Å². The monoisotopic (exact) mass is 134 g/mol. The zero-order valence-corrected chi connectivity index (χ0v) is 5.77. The highest BCUT2D eigenvalue weighted by Gasteiger charge is 2.03. The third-order valence-electron chi connectivity index (χ3n) is 1.71. The summed E-state index contributed by atoms with van der Waals surface area (Å²) in [7, 11) is 0. The van der Waals surface area contributed by atoms with Crippen LogP contribution in [0.15, 0.2) is 36.7 Å². The van der Waals surface area contributed by atoms with E-state index in [1.54, 1.807) is 0 Å². The summed E-state index contributed by atoms with van der Waals surface area (Å²) in [5.74, 6) is 0. The van der Waals surface area contributed by atoms with Gasteiger partial charge in [-0.25, -0.2) is 0 Å². The van der Waals surface area contributed by atoms with Crippen molar-refractivity contribution in [2.45, 2.75) is 0 Å². The number of aromatic nitrogens is 1. The van der Waals surface area contributed by atoms with Gasteiger partial charge in [-0.05, 0) is 12.1 Å². The SMILES string of the molecule is C1=CCN(n2cccc2)C1. The zero-order valence-electron chi connectivity index (χ0n) is 5.77. The molecule has 0 unspecified atom stereocenters. The number of hydrogen-bond acceptors (Lipinski definition) is 1. The average Bonchev–Trinajstić information content (AvgIpc) is 2.59. The first-order valence-corrected chi connectivity index (χ1v) is 3.50. The second-order valence-electron chi connectivity index (χ2n) is 2.41. The van der Waals surface area contributed by atoms with E-state index in [0.29, 0.717) is 0 Å². The van der Waals surface area contributed by atoms with Gasteiger partial charge in [0.2, 0.25) is 0 Å². The molecule has 0 fully saturated rings. The Balaban J connectivity index is 2.14. The summed E-state index contributed by atoms with van der Waals surface area (Å²) < 4.78 is 2.11. The van der Waals surface area contributed by atoms with Crippen LogP contribution in [0.25, 0.3) is 0 Å². The van der Waals surface area contributed by atoms with E-state index >= 15 is 0 Å². The molecule has 1 aromatic rings. The van der Waals surface area contributed by atoms with Crippen LogP contribution in [-0.4, -0.2) is 17.8 Å². The summed E-state index contributed by atoms with van der Waals surface area (Å²) in [6.45, 7) is 2.07.